The number of H-pyrrole nitrogens is 1. The lowest BCUT2D eigenvalue weighted by Crippen LogP contribution is -2.25. The Labute approximate surface area is 111 Å². The lowest BCUT2D eigenvalue weighted by molar-refractivity contribution is 0.0699. The zero-order chi connectivity index (χ0) is 13.2. The molecule has 4 nitrogen and oxygen atoms in total. The van der Waals surface area contributed by atoms with Crippen molar-refractivity contribution in [3.8, 4) is 0 Å². The topological polar surface area (TPSA) is 65.1 Å². The molecule has 0 bridgehead atoms. The summed E-state index contributed by atoms with van der Waals surface area (Å²) in [5.41, 5.74) is 2.20. The number of aromatic amines is 1. The number of carboxylic acids is 1. The molecule has 0 atom stereocenters. The molecule has 0 saturated heterocycles. The molecule has 1 fully saturated rings. The minimum Gasteiger partial charge on any atom is -0.478 e. The molecule has 1 saturated carbocycles. The first kappa shape index (κ1) is 12.2. The number of nitrogens with one attached hydrogen (secondary N) is 2. The maximum absolute atomic E-state index is 11.2. The van der Waals surface area contributed by atoms with E-state index in [-0.39, 0.29) is 0 Å². The average molecular weight is 258 g/mol. The van der Waals surface area contributed by atoms with Crippen LogP contribution in [0.5, 0.6) is 0 Å². The fourth-order valence-corrected chi connectivity index (χ4v) is 2.92. The van der Waals surface area contributed by atoms with E-state index in [0.717, 1.165) is 23.0 Å². The number of hydrogen-bond donors (Lipinski definition) is 3. The van der Waals surface area contributed by atoms with Crippen LogP contribution in [-0.2, 0) is 6.54 Å². The summed E-state index contributed by atoms with van der Waals surface area (Å²) in [6.45, 7) is 0.799. The van der Waals surface area contributed by atoms with Crippen LogP contribution < -0.4 is 5.32 Å². The van der Waals surface area contributed by atoms with Gasteiger partial charge in [0.1, 0.15) is 0 Å². The van der Waals surface area contributed by atoms with E-state index < -0.39 is 5.97 Å². The van der Waals surface area contributed by atoms with Crippen LogP contribution in [0.15, 0.2) is 24.4 Å². The Morgan fingerprint density at radius 2 is 2.16 bits per heavy atom. The fourth-order valence-electron chi connectivity index (χ4n) is 2.92. The first-order chi connectivity index (χ1) is 9.25. The van der Waals surface area contributed by atoms with Crippen molar-refractivity contribution in [3.63, 3.8) is 0 Å². The third-order valence-electron chi connectivity index (χ3n) is 3.97. The van der Waals surface area contributed by atoms with Crippen molar-refractivity contribution in [1.82, 2.24) is 10.3 Å². The summed E-state index contributed by atoms with van der Waals surface area (Å²) < 4.78 is 0. The van der Waals surface area contributed by atoms with Crippen LogP contribution in [0.4, 0.5) is 0 Å². The Hall–Kier alpha value is -1.81. The van der Waals surface area contributed by atoms with Crippen LogP contribution in [-0.4, -0.2) is 22.1 Å². The number of aromatic nitrogens is 1. The molecule has 19 heavy (non-hydrogen) atoms. The van der Waals surface area contributed by atoms with Crippen molar-refractivity contribution >= 4 is 16.9 Å². The number of aromatic carboxylic acids is 1. The molecule has 0 amide bonds. The second-order valence-electron chi connectivity index (χ2n) is 5.21. The molecule has 0 aliphatic heterocycles. The van der Waals surface area contributed by atoms with Gasteiger partial charge in [-0.1, -0.05) is 25.0 Å². The van der Waals surface area contributed by atoms with Crippen molar-refractivity contribution in [2.24, 2.45) is 0 Å². The van der Waals surface area contributed by atoms with Gasteiger partial charge in [0.2, 0.25) is 0 Å². The Balaban J connectivity index is 1.84. The summed E-state index contributed by atoms with van der Waals surface area (Å²) in [4.78, 5) is 14.2. The molecular weight excluding hydrogens is 240 g/mol. The van der Waals surface area contributed by atoms with Crippen molar-refractivity contribution in [3.05, 3.63) is 35.5 Å². The largest absolute Gasteiger partial charge is 0.478 e. The minimum absolute atomic E-state index is 0.338. The molecule has 3 rings (SSSR count). The van der Waals surface area contributed by atoms with Gasteiger partial charge in [0.25, 0.3) is 0 Å². The Morgan fingerprint density at radius 3 is 2.89 bits per heavy atom. The van der Waals surface area contributed by atoms with Gasteiger partial charge in [0, 0.05) is 24.2 Å². The monoisotopic (exact) mass is 258 g/mol. The van der Waals surface area contributed by atoms with E-state index in [0.29, 0.717) is 11.6 Å². The first-order valence-corrected chi connectivity index (χ1v) is 6.81. The predicted octanol–water partition coefficient (Wildman–Crippen LogP) is 2.90. The van der Waals surface area contributed by atoms with Crippen LogP contribution in [0.3, 0.4) is 0 Å². The molecule has 0 unspecified atom stereocenters. The normalized spacial score (nSPS) is 16.2. The van der Waals surface area contributed by atoms with Crippen LogP contribution in [0.2, 0.25) is 0 Å². The van der Waals surface area contributed by atoms with E-state index in [1.165, 1.54) is 25.7 Å². The van der Waals surface area contributed by atoms with Crippen LogP contribution in [0, 0.1) is 0 Å². The molecule has 1 aliphatic rings. The summed E-state index contributed by atoms with van der Waals surface area (Å²) in [6.07, 6.45) is 7.05. The Morgan fingerprint density at radius 1 is 1.37 bits per heavy atom. The van der Waals surface area contributed by atoms with Gasteiger partial charge in [0.05, 0.1) is 11.1 Å². The van der Waals surface area contributed by atoms with Gasteiger partial charge in [-0.15, -0.1) is 0 Å². The fraction of sp³-hybridized carbons (Fsp3) is 0.400. The number of rotatable bonds is 4. The number of para-hydroxylation sites is 1. The maximum Gasteiger partial charge on any atom is 0.337 e. The maximum atomic E-state index is 11.2. The molecule has 4 heteroatoms. The highest BCUT2D eigenvalue weighted by Crippen LogP contribution is 2.23. The number of fused-ring (bicyclic) bond motifs is 1. The summed E-state index contributed by atoms with van der Waals surface area (Å²) in [5, 5.41) is 13.7. The lowest BCUT2D eigenvalue weighted by atomic mass is 10.1. The first-order valence-electron chi connectivity index (χ1n) is 6.81. The number of hydrogen-bond acceptors (Lipinski definition) is 2. The molecule has 3 N–H and O–H groups in total. The molecule has 1 aliphatic carbocycles. The van der Waals surface area contributed by atoms with E-state index in [9.17, 15) is 4.79 Å². The van der Waals surface area contributed by atoms with Gasteiger partial charge in [-0.3, -0.25) is 0 Å². The van der Waals surface area contributed by atoms with E-state index in [1.807, 2.05) is 12.3 Å². The van der Waals surface area contributed by atoms with E-state index in [1.54, 1.807) is 12.1 Å². The van der Waals surface area contributed by atoms with Crippen LogP contribution in [0.25, 0.3) is 10.9 Å². The highest BCUT2D eigenvalue weighted by atomic mass is 16.4. The third-order valence-corrected chi connectivity index (χ3v) is 3.97. The SMILES string of the molecule is O=C(O)c1cccc2c(CNC3CCCC3)c[nH]c12. The zero-order valence-electron chi connectivity index (χ0n) is 10.8. The van der Waals surface area contributed by atoms with Crippen molar-refractivity contribution in [2.75, 3.05) is 0 Å². The van der Waals surface area contributed by atoms with E-state index in [4.69, 9.17) is 5.11 Å². The Bertz CT molecular complexity index is 597. The van der Waals surface area contributed by atoms with Gasteiger partial charge in [0.15, 0.2) is 0 Å². The number of benzene rings is 1. The van der Waals surface area contributed by atoms with Gasteiger partial charge in [-0.25, -0.2) is 4.79 Å². The predicted molar refractivity (Wildman–Crippen MR) is 74.4 cm³/mol. The molecule has 100 valence electrons. The van der Waals surface area contributed by atoms with Crippen molar-refractivity contribution in [2.45, 2.75) is 38.3 Å². The molecule has 2 aromatic rings. The molecule has 0 spiro atoms. The van der Waals surface area contributed by atoms with Crippen LogP contribution >= 0.6 is 0 Å². The smallest absolute Gasteiger partial charge is 0.337 e. The van der Waals surface area contributed by atoms with Crippen LogP contribution in [0.1, 0.15) is 41.6 Å². The molecule has 1 aromatic heterocycles. The minimum atomic E-state index is -0.886. The average Bonchev–Trinajstić information content (AvgIpc) is 3.05. The van der Waals surface area contributed by atoms with Gasteiger partial charge >= 0.3 is 5.97 Å². The third kappa shape index (κ3) is 2.36. The number of carboxylic acid groups (broad SMARTS) is 1. The zero-order valence-corrected chi connectivity index (χ0v) is 10.8. The molecular formula is C15H18N2O2. The van der Waals surface area contributed by atoms with E-state index in [2.05, 4.69) is 10.3 Å². The van der Waals surface area contributed by atoms with Gasteiger partial charge in [-0.05, 0) is 24.5 Å². The van der Waals surface area contributed by atoms with Crippen molar-refractivity contribution < 1.29 is 9.90 Å². The highest BCUT2D eigenvalue weighted by molar-refractivity contribution is 6.02. The summed E-state index contributed by atoms with van der Waals surface area (Å²) >= 11 is 0. The number of carbonyl (C=O) groups is 1. The molecule has 0 radical (unpaired) electrons. The lowest BCUT2D eigenvalue weighted by Gasteiger charge is -2.10. The van der Waals surface area contributed by atoms with E-state index >= 15 is 0 Å². The summed E-state index contributed by atoms with van der Waals surface area (Å²) in [6, 6.07) is 6.03. The molecule has 1 heterocycles. The highest BCUT2D eigenvalue weighted by Gasteiger charge is 2.16. The second kappa shape index (κ2) is 5.05. The summed E-state index contributed by atoms with van der Waals surface area (Å²) in [7, 11) is 0. The second-order valence-corrected chi connectivity index (χ2v) is 5.21. The van der Waals surface area contributed by atoms with Gasteiger partial charge in [-0.2, -0.15) is 0 Å². The van der Waals surface area contributed by atoms with Crippen molar-refractivity contribution in [1.29, 1.82) is 0 Å². The summed E-state index contributed by atoms with van der Waals surface area (Å²) in [5.74, 6) is -0.886. The molecule has 1 aromatic carbocycles. The quantitative estimate of drug-likeness (QED) is 0.790. The van der Waals surface area contributed by atoms with Gasteiger partial charge < -0.3 is 15.4 Å². The standard InChI is InChI=1S/C15H18N2O2/c18-15(19)13-7-3-6-12-10(9-17-14(12)13)8-16-11-4-1-2-5-11/h3,6-7,9,11,16-17H,1-2,4-5,8H2,(H,18,19). The Kier molecular flexibility index (Phi) is 3.25.